The normalized spacial score (nSPS) is 20.0. The van der Waals surface area contributed by atoms with E-state index in [4.69, 9.17) is 23.7 Å². The second-order valence-corrected chi connectivity index (χ2v) is 48.6. The molecule has 9 saturated carbocycles. The molecule has 9 fully saturated rings. The minimum absolute atomic E-state index is 0. The maximum absolute atomic E-state index is 13.6. The number of carbonyl (C=O) groups is 4. The van der Waals surface area contributed by atoms with Gasteiger partial charge in [-0.05, 0) is 353 Å². The zero-order valence-corrected chi connectivity index (χ0v) is 85.8. The number of aryl methyl sites for hydroxylation is 8. The van der Waals surface area contributed by atoms with Crippen molar-refractivity contribution in [3.05, 3.63) is 336 Å². The van der Waals surface area contributed by atoms with Crippen molar-refractivity contribution in [3.8, 4) is 23.0 Å². The molecule has 0 spiro atoms. The molecule has 0 unspecified atom stereocenters. The van der Waals surface area contributed by atoms with Gasteiger partial charge in [-0.3, -0.25) is 14.4 Å². The van der Waals surface area contributed by atoms with Crippen LogP contribution in [0.25, 0.3) is 0 Å². The fourth-order valence-corrected chi connectivity index (χ4v) is 33.2. The molecule has 21 rings (SSSR count). The minimum atomic E-state index is -0.299. The third kappa shape index (κ3) is 25.7. The van der Waals surface area contributed by atoms with Crippen molar-refractivity contribution in [2.24, 2.45) is 46.3 Å². The van der Waals surface area contributed by atoms with Crippen LogP contribution in [0.2, 0.25) is 0 Å². The summed E-state index contributed by atoms with van der Waals surface area (Å²) in [7, 11) is -0.834. The second kappa shape index (κ2) is 48.3. The van der Waals surface area contributed by atoms with Crippen molar-refractivity contribution in [2.75, 3.05) is 6.61 Å². The highest BCUT2D eigenvalue weighted by atomic mass is 32.2. The fourth-order valence-electron chi connectivity index (χ4n) is 24.1. The van der Waals surface area contributed by atoms with Gasteiger partial charge >= 0.3 is 23.9 Å². The van der Waals surface area contributed by atoms with Crippen LogP contribution in [0.4, 0.5) is 0 Å². The van der Waals surface area contributed by atoms with Gasteiger partial charge in [0.05, 0.1) is 55.4 Å². The Hall–Kier alpha value is -10.3. The van der Waals surface area contributed by atoms with Crippen LogP contribution in [0.3, 0.4) is 0 Å². The van der Waals surface area contributed by atoms with E-state index >= 15 is 0 Å². The number of ether oxygens (including phenoxy) is 5. The van der Waals surface area contributed by atoms with E-state index in [1.807, 2.05) is 13.8 Å². The molecule has 0 amide bonds. The van der Waals surface area contributed by atoms with E-state index in [2.05, 4.69) is 347 Å². The molecule has 9 aliphatic carbocycles. The van der Waals surface area contributed by atoms with Crippen molar-refractivity contribution < 1.29 is 42.9 Å². The minimum Gasteiger partial charge on any atom is -0.481 e. The summed E-state index contributed by atoms with van der Waals surface area (Å²) in [4.78, 5) is 67.4. The Balaban J connectivity index is 0.000000139. The maximum atomic E-state index is 13.6. The van der Waals surface area contributed by atoms with Crippen molar-refractivity contribution in [2.45, 2.75) is 321 Å². The monoisotopic (exact) mass is 1920 g/mol. The van der Waals surface area contributed by atoms with Gasteiger partial charge in [-0.1, -0.05) is 218 Å². The first kappa shape index (κ1) is 102. The average molecular weight is 1920 g/mol. The Morgan fingerprint density at radius 1 is 0.297 bits per heavy atom. The van der Waals surface area contributed by atoms with Crippen molar-refractivity contribution >= 4 is 67.5 Å². The SMILES string of the molecule is C.CCC1(OC(=O)COc2c(C)cc([S+](c3ccccc3)c3ccccc3)cc2C)CCCCC1.CCCCCCCCCCC(=O)Oc1c(C)cc([S+](c2ccccc2)c2ccccc2)cc1C.Cc1cc([S+](c2ccccc2)c2ccccc2)cc(C)c1OC(=O)C12CC3CC(CC(C3)C1)C2.Cc1cc([S+](c2ccccc2)c2ccccc2)cc(C)c1OC(=O)CC12CC3CC(CC(C3)C1)C2. The number of rotatable bonds is 32. The summed E-state index contributed by atoms with van der Waals surface area (Å²) in [6, 6.07) is 103. The second-order valence-electron chi connectivity index (χ2n) is 40.5. The molecular weight excluding hydrogens is 1770 g/mol. The molecule has 12 aromatic rings. The maximum Gasteiger partial charge on any atom is 0.344 e. The summed E-state index contributed by atoms with van der Waals surface area (Å²) in [6.45, 7) is 20.9. The molecule has 0 radical (unpaired) electrons. The van der Waals surface area contributed by atoms with Gasteiger partial charge in [0, 0.05) is 55.0 Å². The Morgan fingerprint density at radius 2 is 0.558 bits per heavy atom. The number of hydrogen-bond acceptors (Lipinski definition) is 9. The van der Waals surface area contributed by atoms with Crippen LogP contribution in [0.5, 0.6) is 23.0 Å². The summed E-state index contributed by atoms with van der Waals surface area (Å²) in [5.74, 6) is 7.43. The van der Waals surface area contributed by atoms with Gasteiger partial charge in [0.25, 0.3) is 0 Å². The number of hydrogen-bond donors (Lipinski definition) is 0. The van der Waals surface area contributed by atoms with Crippen LogP contribution >= 0.6 is 0 Å². The molecule has 0 N–H and O–H groups in total. The summed E-state index contributed by atoms with van der Waals surface area (Å²) in [5, 5.41) is 0. The predicted molar refractivity (Wildman–Crippen MR) is 568 cm³/mol. The molecule has 9 aliphatic rings. The number of unbranched alkanes of at least 4 members (excludes halogenated alkanes) is 7. The summed E-state index contributed by atoms with van der Waals surface area (Å²) >= 11 is 0. The smallest absolute Gasteiger partial charge is 0.344 e. The molecule has 138 heavy (non-hydrogen) atoms. The van der Waals surface area contributed by atoms with Gasteiger partial charge in [0.2, 0.25) is 0 Å². The van der Waals surface area contributed by atoms with E-state index in [1.54, 1.807) is 0 Å². The highest BCUT2D eigenvalue weighted by Gasteiger charge is 2.57. The lowest BCUT2D eigenvalue weighted by Crippen LogP contribution is -2.51. The van der Waals surface area contributed by atoms with Crippen molar-refractivity contribution in [1.29, 1.82) is 0 Å². The van der Waals surface area contributed by atoms with Gasteiger partial charge in [-0.25, -0.2) is 4.79 Å². The quantitative estimate of drug-likeness (QED) is 0.0176. The lowest BCUT2D eigenvalue weighted by molar-refractivity contribution is -0.166. The van der Waals surface area contributed by atoms with Crippen LogP contribution < -0.4 is 18.9 Å². The summed E-state index contributed by atoms with van der Waals surface area (Å²) < 4.78 is 30.2. The fraction of sp³-hybridized carbons (Fsp3) is 0.392. The summed E-state index contributed by atoms with van der Waals surface area (Å²) in [5.41, 5.74) is 7.98. The highest BCUT2D eigenvalue weighted by Crippen LogP contribution is 2.63. The highest BCUT2D eigenvalue weighted by molar-refractivity contribution is 7.98. The number of esters is 4. The Labute approximate surface area is 836 Å². The number of carbonyl (C=O) groups excluding carboxylic acids is 4. The first-order valence-corrected chi connectivity index (χ1v) is 55.8. The summed E-state index contributed by atoms with van der Waals surface area (Å²) in [6.07, 6.45) is 32.2. The lowest BCUT2D eigenvalue weighted by atomic mass is 9.49. The molecule has 720 valence electrons. The third-order valence-corrected chi connectivity index (χ3v) is 38.4. The van der Waals surface area contributed by atoms with Gasteiger partial charge in [-0.2, -0.15) is 0 Å². The van der Waals surface area contributed by atoms with Crippen LogP contribution in [0.1, 0.15) is 246 Å². The number of benzene rings is 12. The standard InChI is InChI=1S/C32H35O2S.C31H33O2S.C31H39O2S.C30H35O3S.CH4/c1-22-13-29(35(27-9-5-3-6-10-27)28-11-7-4-8-12-28)14-23(2)31(22)34-30(33)21-32-18-24-15-25(19-32)17-26(16-24)20-32;1-21-13-28(34(26-9-5-3-6-10-26)27-11-7-4-8-12-27)14-22(2)29(21)33-30(32)31-18-23-15-24(19-31)17-25(16-23)20-31;1-4-5-6-7-8-9-10-17-22-30(32)33-31-25(2)23-29(24-26(31)3)34(27-18-13-11-14-19-27)28-20-15-12-16-21-28;1-4-30(18-12-7-13-19-30)33-28(31)22-32-29-23(2)20-27(21-24(29)3)34(25-14-8-5-9-15-25)26-16-10-6-11-17-26;/h3-14,24-26H,15-21H2,1-2H3;3-14,23-25H,15-20H2,1-2H3;11-16,18-21,23-24H,4-10,17,22H2,1-3H3;5-6,8-11,14-17,20-21H,4,7,12-13,18-19,22H2,1-3H3;1H4/q4*+1;. The third-order valence-electron chi connectivity index (χ3n) is 29.6. The molecule has 13 heteroatoms. The van der Waals surface area contributed by atoms with Crippen molar-refractivity contribution in [1.82, 2.24) is 0 Å². The van der Waals surface area contributed by atoms with E-state index in [0.717, 1.165) is 167 Å². The van der Waals surface area contributed by atoms with E-state index in [1.165, 1.54) is 161 Å². The Kier molecular flexibility index (Phi) is 35.7. The zero-order chi connectivity index (χ0) is 95.4. The van der Waals surface area contributed by atoms with Gasteiger partial charge < -0.3 is 23.7 Å². The molecular formula is C125H146O9S4+4. The first-order valence-electron chi connectivity index (χ1n) is 50.9. The van der Waals surface area contributed by atoms with Gasteiger partial charge in [0.15, 0.2) is 65.4 Å². The lowest BCUT2D eigenvalue weighted by Gasteiger charge is -2.56. The van der Waals surface area contributed by atoms with Crippen molar-refractivity contribution in [3.63, 3.8) is 0 Å². The average Bonchev–Trinajstić information content (AvgIpc) is 0.740. The molecule has 0 saturated heterocycles. The van der Waals surface area contributed by atoms with Gasteiger partial charge in [0.1, 0.15) is 28.6 Å². The van der Waals surface area contributed by atoms with E-state index < -0.39 is 0 Å². The van der Waals surface area contributed by atoms with E-state index in [0.29, 0.717) is 12.8 Å². The van der Waals surface area contributed by atoms with E-state index in [9.17, 15) is 19.2 Å². The molecule has 0 aliphatic heterocycles. The predicted octanol–water partition coefficient (Wildman–Crippen LogP) is 32.3. The first-order chi connectivity index (χ1) is 66.6. The Bertz CT molecular complexity index is 5670. The van der Waals surface area contributed by atoms with Gasteiger partial charge in [-0.15, -0.1) is 0 Å². The van der Waals surface area contributed by atoms with Crippen LogP contribution in [-0.4, -0.2) is 36.1 Å². The molecule has 0 aromatic heterocycles. The molecule has 9 nitrogen and oxygen atoms in total. The van der Waals surface area contributed by atoms with E-state index in [-0.39, 0.29) is 97.9 Å². The molecule has 0 atom stereocenters. The van der Waals surface area contributed by atoms with Crippen LogP contribution in [0.15, 0.2) is 350 Å². The van der Waals surface area contributed by atoms with Crippen LogP contribution in [0, 0.1) is 102 Å². The molecule has 8 bridgehead atoms. The zero-order valence-electron chi connectivity index (χ0n) is 82.5. The molecule has 12 aromatic carbocycles. The van der Waals surface area contributed by atoms with Crippen LogP contribution in [-0.2, 0) is 67.5 Å². The molecule has 0 heterocycles. The Morgan fingerprint density at radius 3 is 0.848 bits per heavy atom. The largest absolute Gasteiger partial charge is 0.481 e. The topological polar surface area (TPSA) is 114 Å².